The van der Waals surface area contributed by atoms with Crippen LogP contribution in [0.25, 0.3) is 10.9 Å². The summed E-state index contributed by atoms with van der Waals surface area (Å²) in [4.78, 5) is 7.71. The lowest BCUT2D eigenvalue weighted by atomic mass is 9.96. The summed E-state index contributed by atoms with van der Waals surface area (Å²) in [5, 5.41) is 1.19. The molecule has 4 nitrogen and oxygen atoms in total. The summed E-state index contributed by atoms with van der Waals surface area (Å²) in [6.45, 7) is 1.28. The van der Waals surface area contributed by atoms with E-state index in [1.165, 1.54) is 5.39 Å². The largest absolute Gasteiger partial charge is 0.358 e. The number of ether oxygens (including phenoxy) is 2. The molecule has 0 saturated carbocycles. The molecule has 106 valence electrons. The molecule has 0 spiro atoms. The van der Waals surface area contributed by atoms with Crippen molar-refractivity contribution in [2.75, 3.05) is 13.2 Å². The van der Waals surface area contributed by atoms with Crippen LogP contribution in [-0.2, 0) is 9.47 Å². The molecule has 1 saturated heterocycles. The van der Waals surface area contributed by atoms with E-state index in [9.17, 15) is 0 Å². The third kappa shape index (κ3) is 2.33. The van der Waals surface area contributed by atoms with Gasteiger partial charge in [-0.1, -0.05) is 24.3 Å². The first-order chi connectivity index (χ1) is 10.4. The summed E-state index contributed by atoms with van der Waals surface area (Å²) in [6.07, 6.45) is 3.39. The summed E-state index contributed by atoms with van der Waals surface area (Å²) in [5.41, 5.74) is 3.31. The Bertz CT molecular complexity index is 700. The predicted octanol–water partition coefficient (Wildman–Crippen LogP) is 3.07. The number of hydrogen-bond acceptors (Lipinski definition) is 3. The minimum atomic E-state index is -0.262. The van der Waals surface area contributed by atoms with Gasteiger partial charge in [0.25, 0.3) is 0 Å². The normalized spacial score (nSPS) is 17.3. The average Bonchev–Trinajstić information content (AvgIpc) is 3.18. The van der Waals surface area contributed by atoms with Crippen molar-refractivity contribution < 1.29 is 9.47 Å². The van der Waals surface area contributed by atoms with Crippen LogP contribution < -0.4 is 0 Å². The average molecular weight is 280 g/mol. The van der Waals surface area contributed by atoms with Gasteiger partial charge in [-0.15, -0.1) is 0 Å². The maximum atomic E-state index is 5.75. The van der Waals surface area contributed by atoms with Gasteiger partial charge in [0.1, 0.15) is 0 Å². The van der Waals surface area contributed by atoms with Gasteiger partial charge in [0.15, 0.2) is 6.29 Å². The summed E-state index contributed by atoms with van der Waals surface area (Å²) in [5.74, 6) is 0.00796. The lowest BCUT2D eigenvalue weighted by Gasteiger charge is -2.21. The molecular weight excluding hydrogens is 264 g/mol. The van der Waals surface area contributed by atoms with Crippen LogP contribution in [0.4, 0.5) is 0 Å². The Morgan fingerprint density at radius 3 is 2.71 bits per heavy atom. The van der Waals surface area contributed by atoms with Crippen molar-refractivity contribution in [3.8, 4) is 0 Å². The van der Waals surface area contributed by atoms with Gasteiger partial charge in [-0.2, -0.15) is 0 Å². The van der Waals surface area contributed by atoms with Gasteiger partial charge in [0, 0.05) is 23.6 Å². The SMILES string of the molecule is c1cncc([C@H](c2cc3ccccc3[nH]2)C2OCCO2)c1. The Kier molecular flexibility index (Phi) is 3.18. The molecule has 4 heteroatoms. The van der Waals surface area contributed by atoms with E-state index >= 15 is 0 Å². The van der Waals surface area contributed by atoms with Crippen LogP contribution in [-0.4, -0.2) is 29.5 Å². The van der Waals surface area contributed by atoms with Gasteiger partial charge in [-0.3, -0.25) is 4.98 Å². The number of H-pyrrole nitrogens is 1. The zero-order valence-corrected chi connectivity index (χ0v) is 11.5. The van der Waals surface area contributed by atoms with Crippen LogP contribution in [0, 0.1) is 0 Å². The first-order valence-electron chi connectivity index (χ1n) is 7.12. The number of para-hydroxylation sites is 1. The molecule has 0 aliphatic carbocycles. The maximum Gasteiger partial charge on any atom is 0.170 e. The van der Waals surface area contributed by atoms with E-state index in [0.29, 0.717) is 13.2 Å². The molecule has 3 aromatic rings. The summed E-state index contributed by atoms with van der Waals surface area (Å²) in [7, 11) is 0. The number of hydrogen-bond donors (Lipinski definition) is 1. The second-order valence-corrected chi connectivity index (χ2v) is 5.19. The Balaban J connectivity index is 1.81. The van der Waals surface area contributed by atoms with Gasteiger partial charge in [0.05, 0.1) is 19.1 Å². The molecule has 3 heterocycles. The number of aromatic amines is 1. The van der Waals surface area contributed by atoms with Crippen molar-refractivity contribution in [2.45, 2.75) is 12.2 Å². The first kappa shape index (κ1) is 12.6. The number of nitrogens with one attached hydrogen (secondary N) is 1. The molecule has 1 fully saturated rings. The second-order valence-electron chi connectivity index (χ2n) is 5.19. The fraction of sp³-hybridized carbons (Fsp3) is 0.235. The minimum Gasteiger partial charge on any atom is -0.358 e. The highest BCUT2D eigenvalue weighted by Gasteiger charge is 2.31. The van der Waals surface area contributed by atoms with Crippen molar-refractivity contribution >= 4 is 10.9 Å². The van der Waals surface area contributed by atoms with Crippen molar-refractivity contribution in [2.24, 2.45) is 0 Å². The fourth-order valence-corrected chi connectivity index (χ4v) is 2.88. The fourth-order valence-electron chi connectivity index (χ4n) is 2.88. The highest BCUT2D eigenvalue weighted by atomic mass is 16.7. The van der Waals surface area contributed by atoms with Gasteiger partial charge in [-0.25, -0.2) is 0 Å². The molecule has 1 aromatic carbocycles. The Labute approximate surface area is 122 Å². The number of rotatable bonds is 3. The third-order valence-corrected chi connectivity index (χ3v) is 3.85. The topological polar surface area (TPSA) is 47.1 Å². The van der Waals surface area contributed by atoms with Crippen LogP contribution in [0.3, 0.4) is 0 Å². The van der Waals surface area contributed by atoms with E-state index < -0.39 is 0 Å². The third-order valence-electron chi connectivity index (χ3n) is 3.85. The molecule has 0 amide bonds. The van der Waals surface area contributed by atoms with Crippen LogP contribution in [0.15, 0.2) is 54.9 Å². The maximum absolute atomic E-state index is 5.75. The van der Waals surface area contributed by atoms with Gasteiger partial charge in [-0.05, 0) is 29.1 Å². The van der Waals surface area contributed by atoms with Crippen molar-refractivity contribution in [3.63, 3.8) is 0 Å². The van der Waals surface area contributed by atoms with Crippen LogP contribution >= 0.6 is 0 Å². The van der Waals surface area contributed by atoms with E-state index in [1.807, 2.05) is 24.4 Å². The molecule has 4 rings (SSSR count). The molecule has 0 bridgehead atoms. The van der Waals surface area contributed by atoms with Crippen molar-refractivity contribution in [3.05, 3.63) is 66.1 Å². The van der Waals surface area contributed by atoms with Gasteiger partial charge >= 0.3 is 0 Å². The van der Waals surface area contributed by atoms with Crippen LogP contribution in [0.2, 0.25) is 0 Å². The number of pyridine rings is 1. The summed E-state index contributed by atoms with van der Waals surface area (Å²) < 4.78 is 11.5. The highest BCUT2D eigenvalue weighted by molar-refractivity contribution is 5.80. The number of aromatic nitrogens is 2. The molecule has 2 aromatic heterocycles. The van der Waals surface area contributed by atoms with Crippen molar-refractivity contribution in [1.82, 2.24) is 9.97 Å². The van der Waals surface area contributed by atoms with Gasteiger partial charge < -0.3 is 14.5 Å². The number of benzene rings is 1. The monoisotopic (exact) mass is 280 g/mol. The van der Waals surface area contributed by atoms with Crippen LogP contribution in [0.1, 0.15) is 17.2 Å². The number of fused-ring (bicyclic) bond motifs is 1. The minimum absolute atomic E-state index is 0.00796. The van der Waals surface area contributed by atoms with Crippen molar-refractivity contribution in [1.29, 1.82) is 0 Å². The number of nitrogens with zero attached hydrogens (tertiary/aromatic N) is 1. The standard InChI is InChI=1S/C17H16N2O2/c1-2-6-14-12(4-1)10-15(19-14)16(17-20-8-9-21-17)13-5-3-7-18-11-13/h1-7,10-11,16-17,19H,8-9H2/t16-/m1/s1. The quantitative estimate of drug-likeness (QED) is 0.802. The molecule has 21 heavy (non-hydrogen) atoms. The Hall–Kier alpha value is -2.17. The molecule has 1 atom stereocenters. The molecule has 0 unspecified atom stereocenters. The predicted molar refractivity (Wildman–Crippen MR) is 80.1 cm³/mol. The summed E-state index contributed by atoms with van der Waals surface area (Å²) >= 11 is 0. The second kappa shape index (κ2) is 5.31. The van der Waals surface area contributed by atoms with Gasteiger partial charge in [0.2, 0.25) is 0 Å². The Morgan fingerprint density at radius 2 is 1.95 bits per heavy atom. The first-order valence-corrected chi connectivity index (χ1v) is 7.12. The smallest absolute Gasteiger partial charge is 0.170 e. The zero-order chi connectivity index (χ0) is 14.1. The lowest BCUT2D eigenvalue weighted by Crippen LogP contribution is -2.21. The molecule has 0 radical (unpaired) electrons. The van der Waals surface area contributed by atoms with E-state index in [1.54, 1.807) is 6.20 Å². The van der Waals surface area contributed by atoms with E-state index in [0.717, 1.165) is 16.8 Å². The zero-order valence-electron chi connectivity index (χ0n) is 11.5. The van der Waals surface area contributed by atoms with E-state index in [2.05, 4.69) is 34.2 Å². The molecule has 1 N–H and O–H groups in total. The van der Waals surface area contributed by atoms with E-state index in [-0.39, 0.29) is 12.2 Å². The van der Waals surface area contributed by atoms with E-state index in [4.69, 9.17) is 9.47 Å². The molecule has 1 aliphatic rings. The molecular formula is C17H16N2O2. The molecule has 1 aliphatic heterocycles. The Morgan fingerprint density at radius 1 is 1.10 bits per heavy atom. The highest BCUT2D eigenvalue weighted by Crippen LogP contribution is 2.33. The lowest BCUT2D eigenvalue weighted by molar-refractivity contribution is -0.0530. The summed E-state index contributed by atoms with van der Waals surface area (Å²) in [6, 6.07) is 14.4. The van der Waals surface area contributed by atoms with Crippen LogP contribution in [0.5, 0.6) is 0 Å².